The van der Waals surface area contributed by atoms with Gasteiger partial charge in [0.2, 0.25) is 11.8 Å². The molecule has 1 saturated carbocycles. The number of hydrogen-bond donors (Lipinski definition) is 2. The fourth-order valence-electron chi connectivity index (χ4n) is 8.62. The van der Waals surface area contributed by atoms with Gasteiger partial charge in [-0.25, -0.2) is 9.78 Å². The number of rotatable bonds is 8. The highest BCUT2D eigenvalue weighted by Gasteiger charge is 2.35. The molecule has 8 rings (SSSR count). The normalized spacial score (nSPS) is 21.7. The Morgan fingerprint density at radius 2 is 1.82 bits per heavy atom. The van der Waals surface area contributed by atoms with Crippen LogP contribution in [0.15, 0.2) is 46.7 Å². The second kappa shape index (κ2) is 14.6. The summed E-state index contributed by atoms with van der Waals surface area (Å²) in [7, 11) is 3.21. The zero-order valence-electron chi connectivity index (χ0n) is 30.4. The van der Waals surface area contributed by atoms with E-state index in [1.165, 1.54) is 7.11 Å². The van der Waals surface area contributed by atoms with Crippen LogP contribution in [0.25, 0.3) is 21.9 Å². The molecule has 2 N–H and O–H groups in total. The third-order valence-corrected chi connectivity index (χ3v) is 12.3. The minimum absolute atomic E-state index is 0.205. The van der Waals surface area contributed by atoms with Crippen molar-refractivity contribution in [2.45, 2.75) is 75.5 Å². The standard InChI is InChI=1S/C38H41F3N8O5S/c1-46-33-25(4-3-5-28(33)49(37(46)53)29-10-11-32(50)44-34(29)51)22-12-14-47(15-13-22)18-21-6-8-24(9-7-21)48-19-23-16-27(30(54-2)17-26(23)45-48)42-35(52)36-43-31(20-55-36)38(39,40)41/h3-5,16-17,19-22,24,29H,6-15,18H2,1-2H3,(H,42,52)(H,44,50,51). The number of hydrogen-bond acceptors (Lipinski definition) is 9. The number of imide groups is 1. The lowest BCUT2D eigenvalue weighted by Crippen LogP contribution is -2.44. The first kappa shape index (κ1) is 36.9. The van der Waals surface area contributed by atoms with Crippen molar-refractivity contribution in [3.8, 4) is 5.75 Å². The van der Waals surface area contributed by atoms with E-state index in [4.69, 9.17) is 9.84 Å². The number of nitrogens with zero attached hydrogens (tertiary/aromatic N) is 6. The number of halogens is 3. The molecule has 2 saturated heterocycles. The van der Waals surface area contributed by atoms with Gasteiger partial charge in [0, 0.05) is 43.0 Å². The molecule has 5 heterocycles. The van der Waals surface area contributed by atoms with Crippen molar-refractivity contribution < 1.29 is 32.3 Å². The van der Waals surface area contributed by atoms with Crippen molar-refractivity contribution in [2.75, 3.05) is 32.1 Å². The molecule has 3 aliphatic rings. The maximum absolute atomic E-state index is 13.4. The van der Waals surface area contributed by atoms with E-state index in [1.54, 1.807) is 28.3 Å². The van der Waals surface area contributed by atoms with Gasteiger partial charge in [-0.3, -0.25) is 33.5 Å². The van der Waals surface area contributed by atoms with Crippen molar-refractivity contribution in [2.24, 2.45) is 13.0 Å². The van der Waals surface area contributed by atoms with Crippen LogP contribution in [-0.4, -0.2) is 73.3 Å². The van der Waals surface area contributed by atoms with Gasteiger partial charge in [0.15, 0.2) is 10.7 Å². The van der Waals surface area contributed by atoms with Gasteiger partial charge >= 0.3 is 11.9 Å². The van der Waals surface area contributed by atoms with Crippen molar-refractivity contribution >= 4 is 56.7 Å². The van der Waals surface area contributed by atoms with Crippen molar-refractivity contribution in [1.29, 1.82) is 0 Å². The number of anilines is 1. The van der Waals surface area contributed by atoms with Crippen LogP contribution < -0.4 is 21.1 Å². The Hall–Kier alpha value is -5.03. The number of carbonyl (C=O) groups is 3. The summed E-state index contributed by atoms with van der Waals surface area (Å²) in [4.78, 5) is 56.6. The number of para-hydroxylation sites is 1. The number of methoxy groups -OCH3 is 1. The molecule has 2 aromatic carbocycles. The zero-order valence-corrected chi connectivity index (χ0v) is 31.2. The first-order chi connectivity index (χ1) is 26.4. The van der Waals surface area contributed by atoms with Crippen molar-refractivity contribution in [3.05, 3.63) is 68.7 Å². The molecule has 0 radical (unpaired) electrons. The van der Waals surface area contributed by atoms with E-state index in [0.717, 1.165) is 85.5 Å². The van der Waals surface area contributed by atoms with E-state index < -0.39 is 29.7 Å². The largest absolute Gasteiger partial charge is 0.494 e. The second-order valence-corrected chi connectivity index (χ2v) is 15.7. The predicted molar refractivity (Wildman–Crippen MR) is 199 cm³/mol. The number of alkyl halides is 3. The summed E-state index contributed by atoms with van der Waals surface area (Å²) >= 11 is 0.628. The number of thiazole rings is 1. The summed E-state index contributed by atoms with van der Waals surface area (Å²) < 4.78 is 49.7. The maximum atomic E-state index is 13.4. The summed E-state index contributed by atoms with van der Waals surface area (Å²) in [6.07, 6.45) is 3.84. The molecule has 3 aromatic heterocycles. The van der Waals surface area contributed by atoms with Gasteiger partial charge in [0.1, 0.15) is 11.8 Å². The summed E-state index contributed by atoms with van der Waals surface area (Å²) in [5, 5.41) is 11.2. The monoisotopic (exact) mass is 778 g/mol. The fourth-order valence-corrected chi connectivity index (χ4v) is 9.34. The second-order valence-electron chi connectivity index (χ2n) is 14.9. The van der Waals surface area contributed by atoms with Crippen LogP contribution in [-0.2, 0) is 22.8 Å². The molecule has 290 valence electrons. The quantitative estimate of drug-likeness (QED) is 0.182. The molecule has 0 spiro atoms. The van der Waals surface area contributed by atoms with E-state index in [-0.39, 0.29) is 35.0 Å². The molecule has 0 bridgehead atoms. The third-order valence-electron chi connectivity index (χ3n) is 11.5. The molecule has 55 heavy (non-hydrogen) atoms. The topological polar surface area (TPSA) is 145 Å². The van der Waals surface area contributed by atoms with Crippen molar-refractivity contribution in [3.63, 3.8) is 0 Å². The van der Waals surface area contributed by atoms with Gasteiger partial charge in [-0.2, -0.15) is 18.3 Å². The number of imidazole rings is 1. The highest BCUT2D eigenvalue weighted by atomic mass is 32.1. The Balaban J connectivity index is 0.874. The molecular formula is C38H41F3N8O5S. The number of carbonyl (C=O) groups excluding carboxylic acids is 3. The molecule has 2 aliphatic heterocycles. The summed E-state index contributed by atoms with van der Waals surface area (Å²) in [5.41, 5.74) is 2.38. The van der Waals surface area contributed by atoms with Gasteiger partial charge < -0.3 is 15.0 Å². The minimum Gasteiger partial charge on any atom is -0.494 e. The van der Waals surface area contributed by atoms with Gasteiger partial charge in [0.05, 0.1) is 35.4 Å². The molecule has 1 unspecified atom stereocenters. The van der Waals surface area contributed by atoms with Crippen LogP contribution in [0.5, 0.6) is 5.75 Å². The van der Waals surface area contributed by atoms with E-state index in [0.29, 0.717) is 40.6 Å². The lowest BCUT2D eigenvalue weighted by Gasteiger charge is -2.37. The van der Waals surface area contributed by atoms with E-state index in [2.05, 4.69) is 26.6 Å². The molecule has 1 aliphatic carbocycles. The minimum atomic E-state index is -4.63. The Labute approximate surface area is 317 Å². The van der Waals surface area contributed by atoms with Gasteiger partial charge in [-0.1, -0.05) is 12.1 Å². The highest BCUT2D eigenvalue weighted by Crippen LogP contribution is 2.38. The molecule has 3 fully saturated rings. The first-order valence-corrected chi connectivity index (χ1v) is 19.4. The fraction of sp³-hybridized carbons (Fsp3) is 0.474. The molecule has 3 amide bonds. The Kier molecular flexibility index (Phi) is 9.77. The lowest BCUT2D eigenvalue weighted by atomic mass is 9.84. The van der Waals surface area contributed by atoms with Gasteiger partial charge in [-0.05, 0) is 87.6 Å². The van der Waals surface area contributed by atoms with Crippen LogP contribution in [0.1, 0.15) is 90.4 Å². The van der Waals surface area contributed by atoms with E-state index >= 15 is 0 Å². The molecule has 13 nitrogen and oxygen atoms in total. The number of amides is 3. The van der Waals surface area contributed by atoms with Crippen LogP contribution >= 0.6 is 11.3 Å². The maximum Gasteiger partial charge on any atom is 0.434 e. The number of benzene rings is 2. The highest BCUT2D eigenvalue weighted by molar-refractivity contribution is 7.11. The molecule has 1 atom stereocenters. The van der Waals surface area contributed by atoms with Crippen LogP contribution in [0.2, 0.25) is 0 Å². The first-order valence-electron chi connectivity index (χ1n) is 18.5. The van der Waals surface area contributed by atoms with Crippen LogP contribution in [0.4, 0.5) is 18.9 Å². The number of ether oxygens (including phenoxy) is 1. The lowest BCUT2D eigenvalue weighted by molar-refractivity contribution is -0.141. The number of aromatic nitrogens is 5. The Morgan fingerprint density at radius 1 is 1.05 bits per heavy atom. The van der Waals surface area contributed by atoms with Crippen LogP contribution in [0, 0.1) is 5.92 Å². The van der Waals surface area contributed by atoms with Crippen LogP contribution in [0.3, 0.4) is 0 Å². The molecular weight excluding hydrogens is 738 g/mol. The molecule has 5 aromatic rings. The molecule has 17 heteroatoms. The average Bonchev–Trinajstić information content (AvgIpc) is 3.89. The summed E-state index contributed by atoms with van der Waals surface area (Å²) in [5.74, 6) is -0.294. The number of nitrogens with one attached hydrogen (secondary N) is 2. The Bertz CT molecular complexity index is 2350. The van der Waals surface area contributed by atoms with E-state index in [9.17, 15) is 32.3 Å². The van der Waals surface area contributed by atoms with E-state index in [1.807, 2.05) is 23.0 Å². The average molecular weight is 779 g/mol. The smallest absolute Gasteiger partial charge is 0.434 e. The number of aryl methyl sites for hydroxylation is 1. The predicted octanol–water partition coefficient (Wildman–Crippen LogP) is 6.01. The van der Waals surface area contributed by atoms with Crippen molar-refractivity contribution in [1.82, 2.24) is 34.1 Å². The third kappa shape index (κ3) is 7.14. The van der Waals surface area contributed by atoms with Gasteiger partial charge in [-0.15, -0.1) is 11.3 Å². The number of fused-ring (bicyclic) bond motifs is 2. The SMILES string of the molecule is COc1cc2nn(C3CCC(CN4CCC(c5cccc6c5n(C)c(=O)n6C5CCC(=O)NC5=O)CC4)CC3)cc2cc1NC(=O)c1nc(C(F)(F)F)cs1. The summed E-state index contributed by atoms with van der Waals surface area (Å²) in [6, 6.07) is 8.90. The van der Waals surface area contributed by atoms with Gasteiger partial charge in [0.25, 0.3) is 5.91 Å². The zero-order chi connectivity index (χ0) is 38.6. The summed E-state index contributed by atoms with van der Waals surface area (Å²) in [6.45, 7) is 2.94. The number of piperidine rings is 2. The Morgan fingerprint density at radius 3 is 2.51 bits per heavy atom. The number of likely N-dealkylation sites (tertiary alicyclic amines) is 1.